The van der Waals surface area contributed by atoms with E-state index in [9.17, 15) is 14.4 Å². The lowest BCUT2D eigenvalue weighted by molar-refractivity contribution is -0.145. The van der Waals surface area contributed by atoms with Crippen LogP contribution in [0.4, 0.5) is 5.13 Å². The van der Waals surface area contributed by atoms with E-state index in [0.717, 1.165) is 22.7 Å². The second kappa shape index (κ2) is 8.50. The van der Waals surface area contributed by atoms with Crippen molar-refractivity contribution in [3.63, 3.8) is 0 Å². The SMILES string of the molecule is CCOC(=O)C1CCc2sc(NC(=O)C3CSc4nc(C)c(CC)c(=O)n4C3)nc21. The number of thiazole rings is 1. The predicted molar refractivity (Wildman–Crippen MR) is 115 cm³/mol. The third-order valence-corrected chi connectivity index (χ3v) is 7.68. The fourth-order valence-electron chi connectivity index (χ4n) is 3.92. The summed E-state index contributed by atoms with van der Waals surface area (Å²) >= 11 is 2.84. The number of amides is 1. The van der Waals surface area contributed by atoms with Gasteiger partial charge in [-0.2, -0.15) is 0 Å². The van der Waals surface area contributed by atoms with Crippen LogP contribution in [0.5, 0.6) is 0 Å². The van der Waals surface area contributed by atoms with Gasteiger partial charge in [0.15, 0.2) is 10.3 Å². The molecule has 8 nitrogen and oxygen atoms in total. The molecule has 30 heavy (non-hydrogen) atoms. The normalized spacial score (nSPS) is 19.8. The summed E-state index contributed by atoms with van der Waals surface area (Å²) in [6, 6.07) is 0. The van der Waals surface area contributed by atoms with Gasteiger partial charge in [-0.3, -0.25) is 19.0 Å². The Morgan fingerprint density at radius 1 is 1.30 bits per heavy atom. The molecule has 4 rings (SSSR count). The summed E-state index contributed by atoms with van der Waals surface area (Å²) < 4.78 is 6.75. The van der Waals surface area contributed by atoms with Gasteiger partial charge in [-0.15, -0.1) is 11.3 Å². The number of aromatic nitrogens is 3. The van der Waals surface area contributed by atoms with Gasteiger partial charge in [-0.25, -0.2) is 9.97 Å². The van der Waals surface area contributed by atoms with Crippen LogP contribution < -0.4 is 10.9 Å². The average molecular weight is 449 g/mol. The molecular weight excluding hydrogens is 424 g/mol. The second-order valence-corrected chi connectivity index (χ2v) is 9.47. The van der Waals surface area contributed by atoms with Crippen LogP contribution in [0.15, 0.2) is 9.95 Å². The Labute approximate surface area is 182 Å². The van der Waals surface area contributed by atoms with Crippen molar-refractivity contribution in [3.05, 3.63) is 32.2 Å². The second-order valence-electron chi connectivity index (χ2n) is 7.40. The van der Waals surface area contributed by atoms with Gasteiger partial charge in [0.25, 0.3) is 5.56 Å². The number of thioether (sulfide) groups is 1. The summed E-state index contributed by atoms with van der Waals surface area (Å²) in [5.74, 6) is -0.569. The van der Waals surface area contributed by atoms with Crippen LogP contribution in [0, 0.1) is 12.8 Å². The largest absolute Gasteiger partial charge is 0.465 e. The zero-order valence-electron chi connectivity index (χ0n) is 17.2. The van der Waals surface area contributed by atoms with Gasteiger partial charge in [-0.05, 0) is 33.1 Å². The number of anilines is 1. The topological polar surface area (TPSA) is 103 Å². The van der Waals surface area contributed by atoms with Crippen LogP contribution in [-0.2, 0) is 33.7 Å². The van der Waals surface area contributed by atoms with E-state index in [2.05, 4.69) is 15.3 Å². The minimum absolute atomic E-state index is 0.0597. The Bertz CT molecular complexity index is 1060. The van der Waals surface area contributed by atoms with Gasteiger partial charge in [0.1, 0.15) is 5.92 Å². The van der Waals surface area contributed by atoms with E-state index in [1.807, 2.05) is 13.8 Å². The summed E-state index contributed by atoms with van der Waals surface area (Å²) in [6.07, 6.45) is 2.08. The molecule has 1 N–H and O–H groups in total. The highest BCUT2D eigenvalue weighted by Gasteiger charge is 2.34. The molecule has 0 spiro atoms. The number of nitrogens with zero attached hydrogens (tertiary/aromatic N) is 3. The standard InChI is InChI=1S/C20H24N4O4S2/c1-4-12-10(3)21-20-24(17(12)26)8-11(9-29-20)16(25)23-19-22-15-13(18(27)28-5-2)6-7-14(15)30-19/h11,13H,4-9H2,1-3H3,(H,22,23,25). The number of fused-ring (bicyclic) bond motifs is 2. The lowest BCUT2D eigenvalue weighted by atomic mass is 10.1. The highest BCUT2D eigenvalue weighted by molar-refractivity contribution is 7.99. The maximum absolute atomic E-state index is 12.9. The maximum atomic E-state index is 12.9. The summed E-state index contributed by atoms with van der Waals surface area (Å²) in [6.45, 7) is 6.22. The molecule has 2 aliphatic rings. The van der Waals surface area contributed by atoms with E-state index in [1.54, 1.807) is 11.5 Å². The Balaban J connectivity index is 1.48. The quantitative estimate of drug-likeness (QED) is 0.554. The number of nitrogens with one attached hydrogen (secondary N) is 1. The molecule has 0 radical (unpaired) electrons. The summed E-state index contributed by atoms with van der Waals surface area (Å²) in [4.78, 5) is 47.8. The van der Waals surface area contributed by atoms with Crippen molar-refractivity contribution < 1.29 is 14.3 Å². The number of ether oxygens (including phenoxy) is 1. The number of aryl methyl sites for hydroxylation is 2. The number of carbonyl (C=O) groups is 2. The highest BCUT2D eigenvalue weighted by Crippen LogP contribution is 2.39. The fraction of sp³-hybridized carbons (Fsp3) is 0.550. The van der Waals surface area contributed by atoms with Crippen molar-refractivity contribution in [2.45, 2.75) is 57.7 Å². The Morgan fingerprint density at radius 2 is 2.10 bits per heavy atom. The first-order chi connectivity index (χ1) is 14.4. The average Bonchev–Trinajstić information content (AvgIpc) is 3.28. The van der Waals surface area contributed by atoms with Gasteiger partial charge >= 0.3 is 5.97 Å². The first-order valence-corrected chi connectivity index (χ1v) is 11.9. The molecule has 2 aromatic rings. The molecular formula is C20H24N4O4S2. The van der Waals surface area contributed by atoms with Crippen LogP contribution in [-0.4, -0.2) is 38.8 Å². The van der Waals surface area contributed by atoms with Crippen molar-refractivity contribution in [3.8, 4) is 0 Å². The van der Waals surface area contributed by atoms with Crippen molar-refractivity contribution in [1.82, 2.24) is 14.5 Å². The molecule has 0 saturated heterocycles. The molecule has 160 valence electrons. The van der Waals surface area contributed by atoms with Gasteiger partial charge in [-0.1, -0.05) is 18.7 Å². The number of rotatable bonds is 5. The molecule has 10 heteroatoms. The van der Waals surface area contributed by atoms with Crippen molar-refractivity contribution in [2.75, 3.05) is 17.7 Å². The summed E-state index contributed by atoms with van der Waals surface area (Å²) in [7, 11) is 0. The molecule has 2 unspecified atom stereocenters. The molecule has 1 aliphatic heterocycles. The molecule has 2 atom stereocenters. The van der Waals surface area contributed by atoms with E-state index >= 15 is 0 Å². The number of hydrogen-bond acceptors (Lipinski definition) is 8. The number of hydrogen-bond donors (Lipinski definition) is 1. The molecule has 3 heterocycles. The van der Waals surface area contributed by atoms with E-state index in [4.69, 9.17) is 4.74 Å². The third kappa shape index (κ3) is 3.78. The van der Waals surface area contributed by atoms with Crippen molar-refractivity contribution in [1.29, 1.82) is 0 Å². The summed E-state index contributed by atoms with van der Waals surface area (Å²) in [5, 5.41) is 4.06. The number of esters is 1. The van der Waals surface area contributed by atoms with Gasteiger partial charge in [0.05, 0.1) is 18.2 Å². The van der Waals surface area contributed by atoms with E-state index in [-0.39, 0.29) is 29.3 Å². The van der Waals surface area contributed by atoms with Crippen LogP contribution >= 0.6 is 23.1 Å². The Hall–Kier alpha value is -2.20. The molecule has 0 aromatic carbocycles. The lowest BCUT2D eigenvalue weighted by Crippen LogP contribution is -2.38. The highest BCUT2D eigenvalue weighted by atomic mass is 32.2. The predicted octanol–water partition coefficient (Wildman–Crippen LogP) is 2.52. The molecule has 0 saturated carbocycles. The van der Waals surface area contributed by atoms with Gasteiger partial charge < -0.3 is 10.1 Å². The van der Waals surface area contributed by atoms with Crippen molar-refractivity contribution in [2.24, 2.45) is 5.92 Å². The van der Waals surface area contributed by atoms with Crippen LogP contribution in [0.3, 0.4) is 0 Å². The minimum Gasteiger partial charge on any atom is -0.465 e. The van der Waals surface area contributed by atoms with E-state index in [0.29, 0.717) is 47.6 Å². The first-order valence-electron chi connectivity index (χ1n) is 10.1. The van der Waals surface area contributed by atoms with Gasteiger partial charge in [0.2, 0.25) is 5.91 Å². The molecule has 1 amide bonds. The van der Waals surface area contributed by atoms with Crippen molar-refractivity contribution >= 4 is 40.1 Å². The Kier molecular flexibility index (Phi) is 5.97. The molecule has 0 fully saturated rings. The minimum atomic E-state index is -0.353. The van der Waals surface area contributed by atoms with Gasteiger partial charge in [0, 0.05) is 28.4 Å². The Morgan fingerprint density at radius 3 is 2.83 bits per heavy atom. The first kappa shape index (κ1) is 21.0. The molecule has 1 aliphatic carbocycles. The maximum Gasteiger partial charge on any atom is 0.315 e. The zero-order chi connectivity index (χ0) is 21.4. The third-order valence-electron chi connectivity index (χ3n) is 5.49. The van der Waals surface area contributed by atoms with E-state index in [1.165, 1.54) is 23.1 Å². The fourth-order valence-corrected chi connectivity index (χ4v) is 6.08. The van der Waals surface area contributed by atoms with Crippen LogP contribution in [0.1, 0.15) is 48.0 Å². The zero-order valence-corrected chi connectivity index (χ0v) is 18.8. The monoisotopic (exact) mass is 448 g/mol. The number of carbonyl (C=O) groups excluding carboxylic acids is 2. The smallest absolute Gasteiger partial charge is 0.315 e. The summed E-state index contributed by atoms with van der Waals surface area (Å²) in [5.41, 5.74) is 2.12. The van der Waals surface area contributed by atoms with Crippen LogP contribution in [0.2, 0.25) is 0 Å². The van der Waals surface area contributed by atoms with E-state index < -0.39 is 0 Å². The van der Waals surface area contributed by atoms with Crippen LogP contribution in [0.25, 0.3) is 0 Å². The molecule has 2 aromatic heterocycles. The lowest BCUT2D eigenvalue weighted by Gasteiger charge is -2.25. The molecule has 0 bridgehead atoms.